The van der Waals surface area contributed by atoms with Crippen molar-refractivity contribution in [1.29, 1.82) is 0 Å². The maximum Gasteiger partial charge on any atom is 0.272 e. The molecule has 4 heterocycles. The second kappa shape index (κ2) is 9.56. The first-order chi connectivity index (χ1) is 17.5. The summed E-state index contributed by atoms with van der Waals surface area (Å²) >= 11 is 0. The number of unbranched alkanes of at least 4 members (excludes halogenated alkanes) is 1. The minimum atomic E-state index is -1.01. The van der Waals surface area contributed by atoms with Gasteiger partial charge in [-0.3, -0.25) is 34.2 Å². The largest absolute Gasteiger partial charge is 0.384 e. The van der Waals surface area contributed by atoms with Crippen LogP contribution in [0.3, 0.4) is 0 Å². The predicted octanol–water partition coefficient (Wildman–Crippen LogP) is 0.753. The van der Waals surface area contributed by atoms with Gasteiger partial charge in [-0.25, -0.2) is 9.50 Å². The zero-order valence-electron chi connectivity index (χ0n) is 19.2. The molecule has 0 aliphatic carbocycles. The minimum absolute atomic E-state index is 0.0686. The summed E-state index contributed by atoms with van der Waals surface area (Å²) in [5.41, 5.74) is 1.88. The highest BCUT2D eigenvalue weighted by molar-refractivity contribution is 6.25. The highest BCUT2D eigenvalue weighted by Gasteiger charge is 2.45. The van der Waals surface area contributed by atoms with E-state index in [0.717, 1.165) is 4.90 Å². The van der Waals surface area contributed by atoms with E-state index in [4.69, 9.17) is 0 Å². The molecule has 12 heteroatoms. The molecule has 2 aromatic heterocycles. The normalized spacial score (nSPS) is 17.3. The van der Waals surface area contributed by atoms with Gasteiger partial charge in [0.1, 0.15) is 12.4 Å². The maximum atomic E-state index is 13.1. The Morgan fingerprint density at radius 1 is 1.06 bits per heavy atom. The number of aromatic nitrogens is 3. The molecular weight excluding hydrogens is 466 g/mol. The van der Waals surface area contributed by atoms with Crippen molar-refractivity contribution in [3.8, 4) is 0 Å². The van der Waals surface area contributed by atoms with Crippen LogP contribution in [0.1, 0.15) is 56.9 Å². The third-order valence-electron chi connectivity index (χ3n) is 6.22. The van der Waals surface area contributed by atoms with Gasteiger partial charge in [-0.1, -0.05) is 6.07 Å². The Morgan fingerprint density at radius 3 is 2.72 bits per heavy atom. The smallest absolute Gasteiger partial charge is 0.272 e. The summed E-state index contributed by atoms with van der Waals surface area (Å²) in [7, 11) is 0. The molecule has 0 bridgehead atoms. The number of rotatable bonds is 8. The molecule has 0 saturated carbocycles. The van der Waals surface area contributed by atoms with Crippen LogP contribution in [-0.2, 0) is 9.59 Å². The second-order valence-corrected chi connectivity index (χ2v) is 8.51. The first-order valence-corrected chi connectivity index (χ1v) is 11.6. The molecule has 12 nitrogen and oxygen atoms in total. The molecule has 36 heavy (non-hydrogen) atoms. The number of nitrogens with one attached hydrogen (secondary N) is 3. The van der Waals surface area contributed by atoms with Crippen molar-refractivity contribution >= 4 is 40.7 Å². The molecule has 1 unspecified atom stereocenters. The van der Waals surface area contributed by atoms with E-state index in [1.165, 1.54) is 6.33 Å². The fourth-order valence-electron chi connectivity index (χ4n) is 4.46. The zero-order chi connectivity index (χ0) is 25.2. The van der Waals surface area contributed by atoms with Crippen molar-refractivity contribution in [2.75, 3.05) is 18.4 Å². The average molecular weight is 489 g/mol. The van der Waals surface area contributed by atoms with Gasteiger partial charge in [0.25, 0.3) is 17.7 Å². The van der Waals surface area contributed by atoms with E-state index in [1.54, 1.807) is 41.0 Å². The molecule has 2 aliphatic rings. The van der Waals surface area contributed by atoms with Crippen LogP contribution in [0.2, 0.25) is 0 Å². The predicted molar refractivity (Wildman–Crippen MR) is 126 cm³/mol. The Hall–Kier alpha value is -4.61. The Kier molecular flexibility index (Phi) is 6.15. The number of benzene rings is 1. The van der Waals surface area contributed by atoms with Crippen LogP contribution in [-0.4, -0.2) is 68.2 Å². The molecule has 1 atom stereocenters. The molecule has 3 N–H and O–H groups in total. The van der Waals surface area contributed by atoms with Gasteiger partial charge in [0, 0.05) is 31.4 Å². The average Bonchev–Trinajstić information content (AvgIpc) is 3.45. The lowest BCUT2D eigenvalue weighted by molar-refractivity contribution is -0.136. The van der Waals surface area contributed by atoms with Crippen molar-refractivity contribution in [2.24, 2.45) is 0 Å². The SMILES string of the molecule is O=C1CCC(N2C(=O)c3cccc(NCCCCNC(=O)c4ncnn5cccc45)c3C2=O)C(=O)N1. The topological polar surface area (TPSA) is 155 Å². The second-order valence-electron chi connectivity index (χ2n) is 8.51. The van der Waals surface area contributed by atoms with Gasteiger partial charge in [-0.2, -0.15) is 5.10 Å². The summed E-state index contributed by atoms with van der Waals surface area (Å²) in [4.78, 5) is 67.2. The highest BCUT2D eigenvalue weighted by Crippen LogP contribution is 2.32. The molecule has 5 amide bonds. The standard InChI is InChI=1S/C24H23N7O5/c32-18-9-8-17(21(33)29-18)31-23(35)14-5-3-6-15(19(14)24(31)36)25-10-1-2-11-26-22(34)20-16-7-4-12-30(16)28-13-27-20/h3-7,12-13,17,25H,1-2,8-11H2,(H,26,34)(H,29,32,33). The van der Waals surface area contributed by atoms with Gasteiger partial charge in [0.2, 0.25) is 11.8 Å². The fourth-order valence-corrected chi connectivity index (χ4v) is 4.46. The van der Waals surface area contributed by atoms with Crippen LogP contribution < -0.4 is 16.0 Å². The van der Waals surface area contributed by atoms with E-state index in [2.05, 4.69) is 26.0 Å². The summed E-state index contributed by atoms with van der Waals surface area (Å²) in [6.45, 7) is 0.938. The fraction of sp³-hybridized carbons (Fsp3) is 0.292. The molecule has 184 valence electrons. The van der Waals surface area contributed by atoms with Crippen LogP contribution in [0.5, 0.6) is 0 Å². The Bertz CT molecular complexity index is 1400. The summed E-state index contributed by atoms with van der Waals surface area (Å²) in [5.74, 6) is -2.44. The summed E-state index contributed by atoms with van der Waals surface area (Å²) < 4.78 is 1.58. The number of anilines is 1. The van der Waals surface area contributed by atoms with Gasteiger partial charge >= 0.3 is 0 Å². The van der Waals surface area contributed by atoms with E-state index < -0.39 is 29.7 Å². The molecular formula is C24H23N7O5. The van der Waals surface area contributed by atoms with Crippen LogP contribution in [0.25, 0.3) is 5.52 Å². The number of imide groups is 2. The molecule has 0 spiro atoms. The van der Waals surface area contributed by atoms with Crippen molar-refractivity contribution in [3.63, 3.8) is 0 Å². The van der Waals surface area contributed by atoms with Crippen molar-refractivity contribution in [3.05, 3.63) is 59.7 Å². The quantitative estimate of drug-likeness (QED) is 0.309. The van der Waals surface area contributed by atoms with E-state index >= 15 is 0 Å². The van der Waals surface area contributed by atoms with Gasteiger partial charge < -0.3 is 10.6 Å². The van der Waals surface area contributed by atoms with E-state index in [1.807, 2.05) is 0 Å². The molecule has 1 saturated heterocycles. The van der Waals surface area contributed by atoms with Crippen LogP contribution in [0.15, 0.2) is 42.9 Å². The van der Waals surface area contributed by atoms with Crippen molar-refractivity contribution in [1.82, 2.24) is 30.1 Å². The lowest BCUT2D eigenvalue weighted by Gasteiger charge is -2.27. The molecule has 2 aliphatic heterocycles. The molecule has 1 aromatic carbocycles. The molecule has 3 aromatic rings. The Morgan fingerprint density at radius 2 is 1.89 bits per heavy atom. The number of fused-ring (bicyclic) bond motifs is 2. The number of hydrogen-bond acceptors (Lipinski definition) is 8. The first kappa shape index (κ1) is 23.1. The Balaban J connectivity index is 1.15. The van der Waals surface area contributed by atoms with Crippen molar-refractivity contribution < 1.29 is 24.0 Å². The summed E-state index contributed by atoms with van der Waals surface area (Å²) in [6.07, 6.45) is 4.60. The van der Waals surface area contributed by atoms with Gasteiger partial charge in [-0.05, 0) is 43.5 Å². The molecule has 5 rings (SSSR count). The summed E-state index contributed by atoms with van der Waals surface area (Å²) in [6, 6.07) is 7.48. The minimum Gasteiger partial charge on any atom is -0.384 e. The van der Waals surface area contributed by atoms with Crippen LogP contribution in [0, 0.1) is 0 Å². The highest BCUT2D eigenvalue weighted by atomic mass is 16.2. The molecule has 0 radical (unpaired) electrons. The first-order valence-electron chi connectivity index (χ1n) is 11.6. The van der Waals surface area contributed by atoms with Gasteiger partial charge in [0.15, 0.2) is 5.69 Å². The maximum absolute atomic E-state index is 13.1. The number of carbonyl (C=O) groups excluding carboxylic acids is 5. The summed E-state index contributed by atoms with van der Waals surface area (Å²) in [5, 5.41) is 12.3. The van der Waals surface area contributed by atoms with Crippen LogP contribution in [0.4, 0.5) is 5.69 Å². The van der Waals surface area contributed by atoms with Crippen LogP contribution >= 0.6 is 0 Å². The number of carbonyl (C=O) groups is 5. The number of nitrogens with zero attached hydrogens (tertiary/aromatic N) is 4. The van der Waals surface area contributed by atoms with Crippen molar-refractivity contribution in [2.45, 2.75) is 31.7 Å². The monoisotopic (exact) mass is 489 g/mol. The third kappa shape index (κ3) is 4.17. The number of piperidine rings is 1. The van der Waals surface area contributed by atoms with Gasteiger partial charge in [-0.15, -0.1) is 0 Å². The van der Waals surface area contributed by atoms with E-state index in [-0.39, 0.29) is 29.9 Å². The lowest BCUT2D eigenvalue weighted by Crippen LogP contribution is -2.54. The number of amides is 5. The lowest BCUT2D eigenvalue weighted by atomic mass is 10.0. The zero-order valence-corrected chi connectivity index (χ0v) is 19.2. The van der Waals surface area contributed by atoms with E-state index in [9.17, 15) is 24.0 Å². The van der Waals surface area contributed by atoms with Gasteiger partial charge in [0.05, 0.1) is 16.6 Å². The molecule has 1 fully saturated rings. The van der Waals surface area contributed by atoms with E-state index in [0.29, 0.717) is 42.8 Å². The number of hydrogen-bond donors (Lipinski definition) is 3. The Labute approximate surface area is 205 Å². The third-order valence-corrected chi connectivity index (χ3v) is 6.22.